The lowest BCUT2D eigenvalue weighted by Gasteiger charge is -2.21. The number of amides is 1. The van der Waals surface area contributed by atoms with Crippen LogP contribution in [0.25, 0.3) is 0 Å². The zero-order valence-electron chi connectivity index (χ0n) is 12.7. The van der Waals surface area contributed by atoms with Gasteiger partial charge in [0.15, 0.2) is 0 Å². The van der Waals surface area contributed by atoms with Gasteiger partial charge in [0.1, 0.15) is 0 Å². The molecule has 19 heavy (non-hydrogen) atoms. The highest BCUT2D eigenvalue weighted by Crippen LogP contribution is 2.24. The summed E-state index contributed by atoms with van der Waals surface area (Å²) in [6.07, 6.45) is 0. The number of benzene rings is 1. The van der Waals surface area contributed by atoms with Crippen molar-refractivity contribution in [3.63, 3.8) is 0 Å². The summed E-state index contributed by atoms with van der Waals surface area (Å²) < 4.78 is 0. The fourth-order valence-electron chi connectivity index (χ4n) is 2.19. The number of hydrogen-bond donors (Lipinski definition) is 2. The molecular weight excluding hydrogens is 236 g/mol. The van der Waals surface area contributed by atoms with E-state index >= 15 is 0 Å². The number of carbonyl (C=O) groups is 1. The molecule has 3 nitrogen and oxygen atoms in total. The molecule has 3 heteroatoms. The van der Waals surface area contributed by atoms with Gasteiger partial charge in [-0.05, 0) is 30.5 Å². The number of hydrogen-bond acceptors (Lipinski definition) is 2. The molecule has 0 bridgehead atoms. The first-order valence-electron chi connectivity index (χ1n) is 7.01. The third-order valence-electron chi connectivity index (χ3n) is 3.41. The Morgan fingerprint density at radius 3 is 2.32 bits per heavy atom. The maximum Gasteiger partial charge on any atom is 0.229 e. The molecule has 0 radical (unpaired) electrons. The lowest BCUT2D eigenvalue weighted by atomic mass is 9.94. The first kappa shape index (κ1) is 15.7. The number of nitrogens with one attached hydrogen (secondary N) is 2. The summed E-state index contributed by atoms with van der Waals surface area (Å²) >= 11 is 0. The maximum atomic E-state index is 12.4. The minimum absolute atomic E-state index is 0.00906. The van der Waals surface area contributed by atoms with E-state index in [0.717, 1.165) is 5.69 Å². The number of carbonyl (C=O) groups excluding carboxylic acids is 1. The molecule has 1 unspecified atom stereocenters. The smallest absolute Gasteiger partial charge is 0.229 e. The average molecular weight is 262 g/mol. The SMILES string of the molecule is CNCC(C(=O)Nc1ccccc1C(C)C)C(C)C. The molecule has 0 saturated heterocycles. The summed E-state index contributed by atoms with van der Waals surface area (Å²) in [5.74, 6) is 0.805. The molecule has 0 aliphatic heterocycles. The molecule has 1 aromatic carbocycles. The highest BCUT2D eigenvalue weighted by atomic mass is 16.1. The zero-order chi connectivity index (χ0) is 14.4. The van der Waals surface area contributed by atoms with Crippen molar-refractivity contribution in [3.05, 3.63) is 29.8 Å². The van der Waals surface area contributed by atoms with Crippen molar-refractivity contribution < 1.29 is 4.79 Å². The zero-order valence-corrected chi connectivity index (χ0v) is 12.7. The third kappa shape index (κ3) is 4.35. The Hall–Kier alpha value is -1.35. The predicted molar refractivity (Wildman–Crippen MR) is 81.4 cm³/mol. The van der Waals surface area contributed by atoms with E-state index in [1.54, 1.807) is 0 Å². The van der Waals surface area contributed by atoms with Crippen molar-refractivity contribution in [2.45, 2.75) is 33.6 Å². The summed E-state index contributed by atoms with van der Waals surface area (Å²) in [4.78, 5) is 12.4. The molecule has 106 valence electrons. The van der Waals surface area contributed by atoms with E-state index < -0.39 is 0 Å². The molecule has 0 saturated carbocycles. The Kier molecular flexibility index (Phi) is 6.03. The molecule has 0 spiro atoms. The lowest BCUT2D eigenvalue weighted by molar-refractivity contribution is -0.120. The molecule has 1 rings (SSSR count). The second-order valence-electron chi connectivity index (χ2n) is 5.64. The molecule has 1 aromatic rings. The van der Waals surface area contributed by atoms with Crippen LogP contribution in [0.1, 0.15) is 39.2 Å². The van der Waals surface area contributed by atoms with Crippen LogP contribution in [-0.2, 0) is 4.79 Å². The Labute approximate surface area is 116 Å². The van der Waals surface area contributed by atoms with Gasteiger partial charge in [0.05, 0.1) is 5.92 Å². The number of rotatable bonds is 6. The van der Waals surface area contributed by atoms with Gasteiger partial charge in [-0.2, -0.15) is 0 Å². The van der Waals surface area contributed by atoms with Crippen LogP contribution in [0.5, 0.6) is 0 Å². The van der Waals surface area contributed by atoms with E-state index in [1.807, 2.05) is 25.2 Å². The Balaban J connectivity index is 2.86. The molecule has 1 amide bonds. The number of para-hydroxylation sites is 1. The first-order chi connectivity index (χ1) is 8.97. The monoisotopic (exact) mass is 262 g/mol. The van der Waals surface area contributed by atoms with Crippen molar-refractivity contribution in [1.82, 2.24) is 5.32 Å². The summed E-state index contributed by atoms with van der Waals surface area (Å²) in [6.45, 7) is 9.14. The van der Waals surface area contributed by atoms with Crippen LogP contribution in [0.4, 0.5) is 5.69 Å². The van der Waals surface area contributed by atoms with Crippen molar-refractivity contribution in [3.8, 4) is 0 Å². The fraction of sp³-hybridized carbons (Fsp3) is 0.562. The summed E-state index contributed by atoms with van der Waals surface area (Å²) in [5, 5.41) is 6.17. The summed E-state index contributed by atoms with van der Waals surface area (Å²) in [7, 11) is 1.88. The van der Waals surface area contributed by atoms with E-state index in [9.17, 15) is 4.79 Å². The van der Waals surface area contributed by atoms with Crippen LogP contribution >= 0.6 is 0 Å². The van der Waals surface area contributed by atoms with Crippen molar-refractivity contribution in [1.29, 1.82) is 0 Å². The van der Waals surface area contributed by atoms with Crippen molar-refractivity contribution in [2.24, 2.45) is 11.8 Å². The van der Waals surface area contributed by atoms with E-state index in [1.165, 1.54) is 5.56 Å². The van der Waals surface area contributed by atoms with E-state index in [4.69, 9.17) is 0 Å². The van der Waals surface area contributed by atoms with Crippen LogP contribution in [0.2, 0.25) is 0 Å². The second kappa shape index (κ2) is 7.29. The van der Waals surface area contributed by atoms with Gasteiger partial charge in [0, 0.05) is 12.2 Å². The van der Waals surface area contributed by atoms with Gasteiger partial charge in [-0.15, -0.1) is 0 Å². The molecule has 0 aromatic heterocycles. The molecule has 0 heterocycles. The maximum absolute atomic E-state index is 12.4. The Morgan fingerprint density at radius 2 is 1.79 bits per heavy atom. The second-order valence-corrected chi connectivity index (χ2v) is 5.64. The number of anilines is 1. The third-order valence-corrected chi connectivity index (χ3v) is 3.41. The molecule has 0 aliphatic carbocycles. The van der Waals surface area contributed by atoms with Crippen LogP contribution in [0.15, 0.2) is 24.3 Å². The first-order valence-corrected chi connectivity index (χ1v) is 7.01. The summed E-state index contributed by atoms with van der Waals surface area (Å²) in [6, 6.07) is 8.02. The highest BCUT2D eigenvalue weighted by molar-refractivity contribution is 5.93. The quantitative estimate of drug-likeness (QED) is 0.826. The molecular formula is C16H26N2O. The Morgan fingerprint density at radius 1 is 1.16 bits per heavy atom. The molecule has 1 atom stereocenters. The Bertz CT molecular complexity index is 413. The van der Waals surface area contributed by atoms with Gasteiger partial charge >= 0.3 is 0 Å². The van der Waals surface area contributed by atoms with E-state index in [-0.39, 0.29) is 11.8 Å². The average Bonchev–Trinajstić information content (AvgIpc) is 2.35. The van der Waals surface area contributed by atoms with E-state index in [0.29, 0.717) is 18.4 Å². The van der Waals surface area contributed by atoms with Crippen molar-refractivity contribution >= 4 is 11.6 Å². The minimum Gasteiger partial charge on any atom is -0.326 e. The van der Waals surface area contributed by atoms with Crippen molar-refractivity contribution in [2.75, 3.05) is 18.9 Å². The highest BCUT2D eigenvalue weighted by Gasteiger charge is 2.22. The lowest BCUT2D eigenvalue weighted by Crippen LogP contribution is -2.34. The minimum atomic E-state index is -0.00906. The van der Waals surface area contributed by atoms with Gasteiger partial charge < -0.3 is 10.6 Å². The van der Waals surface area contributed by atoms with Crippen LogP contribution in [-0.4, -0.2) is 19.5 Å². The van der Waals surface area contributed by atoms with Gasteiger partial charge in [-0.1, -0.05) is 45.9 Å². The van der Waals surface area contributed by atoms with Gasteiger partial charge in [-0.25, -0.2) is 0 Å². The summed E-state index contributed by atoms with van der Waals surface area (Å²) in [5.41, 5.74) is 2.12. The topological polar surface area (TPSA) is 41.1 Å². The normalized spacial score (nSPS) is 12.8. The van der Waals surface area contributed by atoms with Crippen LogP contribution in [0.3, 0.4) is 0 Å². The fourth-order valence-corrected chi connectivity index (χ4v) is 2.19. The molecule has 2 N–H and O–H groups in total. The molecule has 0 aliphatic rings. The van der Waals surface area contributed by atoms with Crippen LogP contribution < -0.4 is 10.6 Å². The van der Waals surface area contributed by atoms with Gasteiger partial charge in [0.2, 0.25) is 5.91 Å². The molecule has 0 fully saturated rings. The largest absolute Gasteiger partial charge is 0.326 e. The van der Waals surface area contributed by atoms with Crippen LogP contribution in [0, 0.1) is 11.8 Å². The van der Waals surface area contributed by atoms with Gasteiger partial charge in [0.25, 0.3) is 0 Å². The standard InChI is InChI=1S/C16H26N2O/c1-11(2)13-8-6-7-9-15(13)18-16(19)14(10-17-5)12(3)4/h6-9,11-12,14,17H,10H2,1-5H3,(H,18,19). The van der Waals surface area contributed by atoms with Gasteiger partial charge in [-0.3, -0.25) is 4.79 Å². The predicted octanol–water partition coefficient (Wildman–Crippen LogP) is 3.24. The van der Waals surface area contributed by atoms with E-state index in [2.05, 4.69) is 44.4 Å².